The lowest BCUT2D eigenvalue weighted by molar-refractivity contribution is 0.412. The van der Waals surface area contributed by atoms with Gasteiger partial charge in [0.25, 0.3) is 0 Å². The molecule has 0 aromatic carbocycles. The minimum atomic E-state index is 0.646. The molecular weight excluding hydrogens is 424 g/mol. The standard InChI is InChI=1S/C20H18N8OS.C2H6/c1-12-11-28-17(13-7-23-24-8-13)10-22-20(28)19(25-12)26-18-6-15(27-30-18)5-14-3-4-16(29-2)9-21-14;1-2/h3-4,6-11H,5H2,1-2H3,(H,23,24)(H,25,26);1-2H3. The number of hydrogen-bond donors (Lipinski definition) is 2. The van der Waals surface area contributed by atoms with Gasteiger partial charge in [0.15, 0.2) is 11.5 Å². The van der Waals surface area contributed by atoms with Crippen molar-refractivity contribution in [2.45, 2.75) is 27.2 Å². The largest absolute Gasteiger partial charge is 0.495 e. The van der Waals surface area contributed by atoms with Gasteiger partial charge in [0.2, 0.25) is 0 Å². The first-order valence-electron chi connectivity index (χ1n) is 10.2. The fourth-order valence-electron chi connectivity index (χ4n) is 3.19. The number of aryl methyl sites for hydroxylation is 1. The highest BCUT2D eigenvalue weighted by Crippen LogP contribution is 2.27. The van der Waals surface area contributed by atoms with Gasteiger partial charge in [0, 0.05) is 30.1 Å². The maximum atomic E-state index is 5.15. The number of aromatic amines is 1. The summed E-state index contributed by atoms with van der Waals surface area (Å²) in [6.45, 7) is 5.96. The van der Waals surface area contributed by atoms with E-state index in [2.05, 4.69) is 34.8 Å². The Morgan fingerprint density at radius 1 is 1.12 bits per heavy atom. The van der Waals surface area contributed by atoms with Crippen molar-refractivity contribution in [3.05, 3.63) is 66.3 Å². The molecule has 0 aliphatic heterocycles. The van der Waals surface area contributed by atoms with Crippen LogP contribution in [0.15, 0.2) is 49.2 Å². The lowest BCUT2D eigenvalue weighted by atomic mass is 10.2. The van der Waals surface area contributed by atoms with Crippen LogP contribution in [0.5, 0.6) is 5.75 Å². The number of H-pyrrole nitrogens is 1. The third kappa shape index (κ3) is 4.45. The zero-order valence-corrected chi connectivity index (χ0v) is 19.1. The van der Waals surface area contributed by atoms with E-state index in [-0.39, 0.29) is 0 Å². The second-order valence-corrected chi connectivity index (χ2v) is 7.53. The molecule has 0 saturated carbocycles. The molecule has 2 N–H and O–H groups in total. The van der Waals surface area contributed by atoms with Crippen LogP contribution in [0.1, 0.15) is 30.9 Å². The number of methoxy groups -OCH3 is 1. The monoisotopic (exact) mass is 448 g/mol. The summed E-state index contributed by atoms with van der Waals surface area (Å²) in [5, 5.41) is 11.1. The minimum absolute atomic E-state index is 0.646. The van der Waals surface area contributed by atoms with Gasteiger partial charge < -0.3 is 10.1 Å². The molecular formula is C22H24N8OS. The van der Waals surface area contributed by atoms with Gasteiger partial charge in [-0.15, -0.1) is 0 Å². The van der Waals surface area contributed by atoms with E-state index in [0.29, 0.717) is 12.2 Å². The van der Waals surface area contributed by atoms with Crippen LogP contribution < -0.4 is 10.1 Å². The predicted octanol–water partition coefficient (Wildman–Crippen LogP) is 4.65. The number of hydrogen-bond acceptors (Lipinski definition) is 8. The number of nitrogens with zero attached hydrogens (tertiary/aromatic N) is 6. The number of pyridine rings is 1. The Bertz CT molecular complexity index is 1290. The zero-order chi connectivity index (χ0) is 22.5. The molecule has 0 unspecified atom stereocenters. The molecule has 9 nitrogen and oxygen atoms in total. The van der Waals surface area contributed by atoms with Crippen LogP contribution >= 0.6 is 11.5 Å². The number of imidazole rings is 1. The fraction of sp³-hybridized carbons (Fsp3) is 0.227. The van der Waals surface area contributed by atoms with Crippen LogP contribution in [0, 0.1) is 6.92 Å². The van der Waals surface area contributed by atoms with Crippen molar-refractivity contribution in [3.63, 3.8) is 0 Å². The Balaban J connectivity index is 0.00000119. The molecule has 0 atom stereocenters. The topological polar surface area (TPSA) is 106 Å². The first-order chi connectivity index (χ1) is 15.7. The van der Waals surface area contributed by atoms with Crippen molar-refractivity contribution in [2.75, 3.05) is 12.4 Å². The van der Waals surface area contributed by atoms with Crippen molar-refractivity contribution in [1.82, 2.24) is 33.9 Å². The zero-order valence-electron chi connectivity index (χ0n) is 18.3. The number of fused-ring (bicyclic) bond motifs is 1. The molecule has 0 saturated heterocycles. The van der Waals surface area contributed by atoms with Gasteiger partial charge in [-0.1, -0.05) is 13.8 Å². The third-order valence-electron chi connectivity index (χ3n) is 4.60. The molecule has 0 aliphatic carbocycles. The number of anilines is 2. The van der Waals surface area contributed by atoms with Crippen molar-refractivity contribution >= 4 is 28.0 Å². The number of rotatable bonds is 6. The van der Waals surface area contributed by atoms with Crippen LogP contribution in [0.3, 0.4) is 0 Å². The molecule has 0 amide bonds. The molecule has 5 rings (SSSR count). The number of nitrogens with one attached hydrogen (secondary N) is 2. The van der Waals surface area contributed by atoms with Crippen LogP contribution in [0.4, 0.5) is 10.8 Å². The first kappa shape index (κ1) is 21.4. The SMILES string of the molecule is CC.COc1ccc(Cc2cc(Nc3nc(C)cn4c(-c5cn[nH]c5)cnc34)sn2)nc1. The summed E-state index contributed by atoms with van der Waals surface area (Å²) in [7, 11) is 1.63. The van der Waals surface area contributed by atoms with Crippen molar-refractivity contribution < 1.29 is 4.74 Å². The molecule has 32 heavy (non-hydrogen) atoms. The Morgan fingerprint density at radius 2 is 2.00 bits per heavy atom. The van der Waals surface area contributed by atoms with Gasteiger partial charge in [-0.05, 0) is 36.7 Å². The van der Waals surface area contributed by atoms with E-state index in [1.807, 2.05) is 62.0 Å². The second kappa shape index (κ2) is 9.56. The van der Waals surface area contributed by atoms with Gasteiger partial charge in [0.05, 0.1) is 42.8 Å². The third-order valence-corrected chi connectivity index (χ3v) is 5.35. The summed E-state index contributed by atoms with van der Waals surface area (Å²) in [6, 6.07) is 5.85. The van der Waals surface area contributed by atoms with Crippen molar-refractivity contribution in [1.29, 1.82) is 0 Å². The second-order valence-electron chi connectivity index (χ2n) is 6.73. The Morgan fingerprint density at radius 3 is 2.72 bits per heavy atom. The molecule has 0 bridgehead atoms. The van der Waals surface area contributed by atoms with Crippen LogP contribution in [0.25, 0.3) is 16.9 Å². The van der Waals surface area contributed by atoms with E-state index in [4.69, 9.17) is 4.74 Å². The number of aromatic nitrogens is 7. The average Bonchev–Trinajstić information content (AvgIpc) is 3.57. The molecule has 5 heterocycles. The highest BCUT2D eigenvalue weighted by Gasteiger charge is 2.14. The summed E-state index contributed by atoms with van der Waals surface area (Å²) < 4.78 is 11.7. The summed E-state index contributed by atoms with van der Waals surface area (Å²) in [6.07, 6.45) is 9.75. The van der Waals surface area contributed by atoms with Gasteiger partial charge in [-0.2, -0.15) is 9.47 Å². The van der Waals surface area contributed by atoms with Crippen molar-refractivity contribution in [3.8, 4) is 17.0 Å². The van der Waals surface area contributed by atoms with E-state index in [0.717, 1.165) is 44.7 Å². The van der Waals surface area contributed by atoms with Crippen LogP contribution in [0.2, 0.25) is 0 Å². The molecule has 5 aromatic heterocycles. The molecule has 0 fully saturated rings. The number of ether oxygens (including phenoxy) is 1. The molecule has 10 heteroatoms. The van der Waals surface area contributed by atoms with Crippen LogP contribution in [-0.2, 0) is 6.42 Å². The summed E-state index contributed by atoms with van der Waals surface area (Å²) in [4.78, 5) is 13.6. The van der Waals surface area contributed by atoms with E-state index >= 15 is 0 Å². The Labute approximate surface area is 189 Å². The Kier molecular flexibility index (Phi) is 6.41. The Hall–Kier alpha value is -3.79. The first-order valence-corrected chi connectivity index (χ1v) is 11.0. The maximum Gasteiger partial charge on any atom is 0.180 e. The fourth-order valence-corrected chi connectivity index (χ4v) is 3.85. The van der Waals surface area contributed by atoms with Gasteiger partial charge in [-0.3, -0.25) is 14.5 Å². The minimum Gasteiger partial charge on any atom is -0.495 e. The molecule has 0 radical (unpaired) electrons. The molecule has 5 aromatic rings. The highest BCUT2D eigenvalue weighted by atomic mass is 32.1. The maximum absolute atomic E-state index is 5.15. The quantitative estimate of drug-likeness (QED) is 0.389. The normalized spacial score (nSPS) is 10.6. The van der Waals surface area contributed by atoms with Crippen LogP contribution in [-0.4, -0.2) is 41.0 Å². The molecule has 0 aliphatic rings. The van der Waals surface area contributed by atoms with Gasteiger partial charge >= 0.3 is 0 Å². The summed E-state index contributed by atoms with van der Waals surface area (Å²) >= 11 is 1.38. The molecule has 164 valence electrons. The van der Waals surface area contributed by atoms with E-state index in [1.165, 1.54) is 11.5 Å². The van der Waals surface area contributed by atoms with E-state index in [1.54, 1.807) is 19.5 Å². The predicted molar refractivity (Wildman–Crippen MR) is 126 cm³/mol. The average molecular weight is 449 g/mol. The van der Waals surface area contributed by atoms with E-state index in [9.17, 15) is 0 Å². The highest BCUT2D eigenvalue weighted by molar-refractivity contribution is 7.10. The lowest BCUT2D eigenvalue weighted by Gasteiger charge is -2.07. The lowest BCUT2D eigenvalue weighted by Crippen LogP contribution is -2.00. The molecule has 0 spiro atoms. The van der Waals surface area contributed by atoms with Gasteiger partial charge in [-0.25, -0.2) is 9.97 Å². The van der Waals surface area contributed by atoms with Gasteiger partial charge in [0.1, 0.15) is 10.8 Å². The smallest absolute Gasteiger partial charge is 0.180 e. The summed E-state index contributed by atoms with van der Waals surface area (Å²) in [5.41, 5.74) is 5.39. The van der Waals surface area contributed by atoms with Crippen molar-refractivity contribution in [2.24, 2.45) is 0 Å². The summed E-state index contributed by atoms with van der Waals surface area (Å²) in [5.74, 6) is 1.42. The van der Waals surface area contributed by atoms with E-state index < -0.39 is 0 Å².